The van der Waals surface area contributed by atoms with Crippen LogP contribution in [0.3, 0.4) is 0 Å². The van der Waals surface area contributed by atoms with Gasteiger partial charge in [-0.15, -0.1) is 0 Å². The topological polar surface area (TPSA) is 26.0 Å². The minimum atomic E-state index is 0.793. The molecule has 0 spiro atoms. The summed E-state index contributed by atoms with van der Waals surface area (Å²) in [7, 11) is 0. The van der Waals surface area contributed by atoms with Gasteiger partial charge in [-0.3, -0.25) is 0 Å². The van der Waals surface area contributed by atoms with E-state index in [9.17, 15) is 0 Å². The van der Waals surface area contributed by atoms with Crippen molar-refractivity contribution in [3.63, 3.8) is 0 Å². The van der Waals surface area contributed by atoms with Gasteiger partial charge in [0.25, 0.3) is 0 Å². The van der Waals surface area contributed by atoms with Gasteiger partial charge in [-0.2, -0.15) is 0 Å². The number of fused-ring (bicyclic) bond motifs is 1. The molecule has 0 bridgehead atoms. The van der Waals surface area contributed by atoms with Gasteiger partial charge in [0.1, 0.15) is 5.69 Å². The van der Waals surface area contributed by atoms with E-state index in [0.29, 0.717) is 0 Å². The molecule has 2 aromatic carbocycles. The number of benzene rings is 2. The summed E-state index contributed by atoms with van der Waals surface area (Å²) in [4.78, 5) is 0. The van der Waals surface area contributed by atoms with E-state index in [1.54, 1.807) is 0 Å². The average Bonchev–Trinajstić information content (AvgIpc) is 2.75. The molecule has 0 amide bonds. The highest BCUT2D eigenvalue weighted by atomic mass is 79.9. The number of rotatable bonds is 1. The second-order valence-electron chi connectivity index (χ2n) is 3.51. The molecule has 3 rings (SSSR count). The highest BCUT2D eigenvalue weighted by Crippen LogP contribution is 2.31. The lowest BCUT2D eigenvalue weighted by atomic mass is 10.1. The van der Waals surface area contributed by atoms with Gasteiger partial charge in [-0.1, -0.05) is 41.6 Å². The van der Waals surface area contributed by atoms with Gasteiger partial charge in [-0.25, -0.2) is 0 Å². The van der Waals surface area contributed by atoms with Crippen LogP contribution in [0.2, 0.25) is 0 Å². The van der Waals surface area contributed by atoms with Crippen molar-refractivity contribution in [2.75, 3.05) is 0 Å². The predicted octanol–water partition coefficient (Wildman–Crippen LogP) is 4.26. The summed E-state index contributed by atoms with van der Waals surface area (Å²) in [6.45, 7) is 0. The first-order valence-corrected chi connectivity index (χ1v) is 5.75. The van der Waals surface area contributed by atoms with Gasteiger partial charge in [0.15, 0.2) is 5.58 Å². The van der Waals surface area contributed by atoms with Crippen molar-refractivity contribution in [2.24, 2.45) is 0 Å². The molecule has 2 nitrogen and oxygen atoms in total. The summed E-state index contributed by atoms with van der Waals surface area (Å²) in [6, 6.07) is 16.0. The second kappa shape index (κ2) is 3.76. The van der Waals surface area contributed by atoms with Crippen LogP contribution in [0.1, 0.15) is 0 Å². The third-order valence-corrected chi connectivity index (χ3v) is 3.12. The van der Waals surface area contributed by atoms with E-state index in [4.69, 9.17) is 4.52 Å². The van der Waals surface area contributed by atoms with Crippen molar-refractivity contribution in [1.82, 2.24) is 5.16 Å². The molecule has 0 atom stereocenters. The van der Waals surface area contributed by atoms with Crippen LogP contribution >= 0.6 is 15.9 Å². The Kier molecular flexibility index (Phi) is 2.26. The van der Waals surface area contributed by atoms with Crippen molar-refractivity contribution in [1.29, 1.82) is 0 Å². The van der Waals surface area contributed by atoms with Crippen LogP contribution in [0.5, 0.6) is 0 Å². The minimum Gasteiger partial charge on any atom is -0.354 e. The molecule has 0 saturated heterocycles. The number of hydrogen-bond acceptors (Lipinski definition) is 2. The molecule has 3 aromatic rings. The summed E-state index contributed by atoms with van der Waals surface area (Å²) in [5.41, 5.74) is 2.75. The Labute approximate surface area is 101 Å². The van der Waals surface area contributed by atoms with Gasteiger partial charge in [0.2, 0.25) is 0 Å². The summed E-state index contributed by atoms with van der Waals surface area (Å²) in [5.74, 6) is 0. The normalized spacial score (nSPS) is 10.8. The Bertz CT molecular complexity index is 631. The number of para-hydroxylation sites is 1. The Balaban J connectivity index is 2.30. The lowest BCUT2D eigenvalue weighted by Gasteiger charge is -1.95. The first kappa shape index (κ1) is 9.60. The predicted molar refractivity (Wildman–Crippen MR) is 67.1 cm³/mol. The molecule has 16 heavy (non-hydrogen) atoms. The quantitative estimate of drug-likeness (QED) is 0.662. The molecular formula is C13H8BrNO. The van der Waals surface area contributed by atoms with Crippen molar-refractivity contribution in [3.8, 4) is 11.3 Å². The molecule has 0 aliphatic rings. The molecule has 0 saturated carbocycles. The molecule has 0 unspecified atom stereocenters. The third kappa shape index (κ3) is 1.44. The maximum absolute atomic E-state index is 5.34. The van der Waals surface area contributed by atoms with E-state index >= 15 is 0 Å². The molecule has 0 aliphatic carbocycles. The Morgan fingerprint density at radius 2 is 1.75 bits per heavy atom. The smallest absolute Gasteiger partial charge is 0.181 e. The summed E-state index contributed by atoms with van der Waals surface area (Å²) < 4.78 is 6.27. The fourth-order valence-corrected chi connectivity index (χ4v) is 2.17. The highest BCUT2D eigenvalue weighted by Gasteiger charge is 2.11. The number of halogens is 1. The van der Waals surface area contributed by atoms with Crippen molar-refractivity contribution >= 4 is 26.9 Å². The maximum Gasteiger partial charge on any atom is 0.181 e. The summed E-state index contributed by atoms with van der Waals surface area (Å²) in [5, 5.41) is 5.15. The van der Waals surface area contributed by atoms with Crippen LogP contribution in [-0.4, -0.2) is 5.16 Å². The van der Waals surface area contributed by atoms with Crippen LogP contribution in [-0.2, 0) is 0 Å². The zero-order chi connectivity index (χ0) is 11.0. The van der Waals surface area contributed by atoms with Gasteiger partial charge >= 0.3 is 0 Å². The van der Waals surface area contributed by atoms with Gasteiger partial charge in [0.05, 0.1) is 9.86 Å². The molecule has 3 heteroatoms. The second-order valence-corrected chi connectivity index (χ2v) is 4.37. The van der Waals surface area contributed by atoms with E-state index in [1.807, 2.05) is 48.5 Å². The molecule has 0 N–H and O–H groups in total. The fourth-order valence-electron chi connectivity index (χ4n) is 1.73. The van der Waals surface area contributed by atoms with E-state index < -0.39 is 0 Å². The van der Waals surface area contributed by atoms with Crippen molar-refractivity contribution in [3.05, 3.63) is 53.0 Å². The standard InChI is InChI=1S/C13H8BrNO/c14-11-8-4-7-10-12(15-16-13(10)11)9-5-2-1-3-6-9/h1-8H. The number of aromatic nitrogens is 1. The number of hydrogen-bond donors (Lipinski definition) is 0. The summed E-state index contributed by atoms with van der Waals surface area (Å²) >= 11 is 3.45. The largest absolute Gasteiger partial charge is 0.354 e. The van der Waals surface area contributed by atoms with E-state index in [1.165, 1.54) is 0 Å². The SMILES string of the molecule is Brc1cccc2c(-c3ccccc3)noc12. The molecule has 0 radical (unpaired) electrons. The van der Waals surface area contributed by atoms with Crippen LogP contribution < -0.4 is 0 Å². The monoisotopic (exact) mass is 273 g/mol. The lowest BCUT2D eigenvalue weighted by molar-refractivity contribution is 0.458. The van der Waals surface area contributed by atoms with E-state index in [2.05, 4.69) is 21.1 Å². The van der Waals surface area contributed by atoms with Crippen LogP contribution in [0.25, 0.3) is 22.2 Å². The molecule has 1 heterocycles. The van der Waals surface area contributed by atoms with Crippen LogP contribution in [0.15, 0.2) is 57.5 Å². The van der Waals surface area contributed by atoms with Gasteiger partial charge in [-0.05, 0) is 28.1 Å². The van der Waals surface area contributed by atoms with Crippen LogP contribution in [0, 0.1) is 0 Å². The van der Waals surface area contributed by atoms with Crippen molar-refractivity contribution in [2.45, 2.75) is 0 Å². The van der Waals surface area contributed by atoms with Gasteiger partial charge in [0, 0.05) is 5.56 Å². The Morgan fingerprint density at radius 3 is 2.56 bits per heavy atom. The van der Waals surface area contributed by atoms with Crippen molar-refractivity contribution < 1.29 is 4.52 Å². The van der Waals surface area contributed by atoms with E-state index in [0.717, 1.165) is 26.7 Å². The Hall–Kier alpha value is -1.61. The number of nitrogens with zero attached hydrogens (tertiary/aromatic N) is 1. The fraction of sp³-hybridized carbons (Fsp3) is 0. The zero-order valence-corrected chi connectivity index (χ0v) is 9.94. The minimum absolute atomic E-state index is 0.793. The molecule has 0 aliphatic heterocycles. The third-order valence-electron chi connectivity index (χ3n) is 2.50. The average molecular weight is 274 g/mol. The molecular weight excluding hydrogens is 266 g/mol. The first-order valence-electron chi connectivity index (χ1n) is 4.95. The van der Waals surface area contributed by atoms with Crippen LogP contribution in [0.4, 0.5) is 0 Å². The molecule has 1 aromatic heterocycles. The highest BCUT2D eigenvalue weighted by molar-refractivity contribution is 9.10. The first-order chi connectivity index (χ1) is 7.86. The van der Waals surface area contributed by atoms with Gasteiger partial charge < -0.3 is 4.52 Å². The Morgan fingerprint density at radius 1 is 0.938 bits per heavy atom. The van der Waals surface area contributed by atoms with E-state index in [-0.39, 0.29) is 0 Å². The summed E-state index contributed by atoms with van der Waals surface area (Å²) in [6.07, 6.45) is 0. The molecule has 78 valence electrons. The zero-order valence-electron chi connectivity index (χ0n) is 8.35. The molecule has 0 fully saturated rings. The maximum atomic E-state index is 5.34. The lowest BCUT2D eigenvalue weighted by Crippen LogP contribution is -1.76.